The number of anilines is 1. The molecule has 0 aliphatic heterocycles. The van der Waals surface area contributed by atoms with Crippen molar-refractivity contribution in [3.8, 4) is 0 Å². The van der Waals surface area contributed by atoms with Gasteiger partial charge in [0.1, 0.15) is 11.6 Å². The van der Waals surface area contributed by atoms with E-state index >= 15 is 0 Å². The van der Waals surface area contributed by atoms with Crippen LogP contribution in [0.25, 0.3) is 0 Å². The highest BCUT2D eigenvalue weighted by Crippen LogP contribution is 2.13. The van der Waals surface area contributed by atoms with Crippen molar-refractivity contribution in [3.63, 3.8) is 0 Å². The molecule has 0 radical (unpaired) electrons. The summed E-state index contributed by atoms with van der Waals surface area (Å²) in [5.74, 6) is -1.55. The van der Waals surface area contributed by atoms with Gasteiger partial charge in [0, 0.05) is 32.0 Å². The van der Waals surface area contributed by atoms with E-state index in [-0.39, 0.29) is 49.6 Å². The Morgan fingerprint density at radius 1 is 1.10 bits per heavy atom. The summed E-state index contributed by atoms with van der Waals surface area (Å²) < 4.78 is 51.5. The van der Waals surface area contributed by atoms with Gasteiger partial charge in [-0.2, -0.15) is 12.7 Å². The van der Waals surface area contributed by atoms with Gasteiger partial charge >= 0.3 is 0 Å². The Balaban J connectivity index is 1.76. The molecule has 0 unspecified atom stereocenters. The van der Waals surface area contributed by atoms with Gasteiger partial charge in [0.2, 0.25) is 0 Å². The van der Waals surface area contributed by atoms with Crippen molar-refractivity contribution in [2.45, 2.75) is 25.7 Å². The van der Waals surface area contributed by atoms with Gasteiger partial charge in [-0.25, -0.2) is 23.9 Å². The fourth-order valence-corrected chi connectivity index (χ4v) is 3.54. The zero-order valence-corrected chi connectivity index (χ0v) is 17.0. The van der Waals surface area contributed by atoms with E-state index in [9.17, 15) is 22.0 Å². The van der Waals surface area contributed by atoms with Crippen molar-refractivity contribution in [1.82, 2.24) is 19.6 Å². The van der Waals surface area contributed by atoms with Gasteiger partial charge in [0.05, 0.1) is 0 Å². The number of rotatable bonds is 11. The zero-order chi connectivity index (χ0) is 22.1. The molecule has 0 bridgehead atoms. The number of halogens is 2. The first-order valence-electron chi connectivity index (χ1n) is 9.25. The fraction of sp³-hybridized carbons (Fsp3) is 0.389. The maximum atomic E-state index is 13.7. The van der Waals surface area contributed by atoms with Crippen molar-refractivity contribution < 1.29 is 22.0 Å². The third kappa shape index (κ3) is 7.28. The number of hydrogen-bond acceptors (Lipinski definition) is 6. The van der Waals surface area contributed by atoms with Crippen LogP contribution in [0, 0.1) is 11.6 Å². The molecule has 2 rings (SSSR count). The smallest absolute Gasteiger partial charge is 0.276 e. The molecule has 1 aromatic heterocycles. The molecule has 30 heavy (non-hydrogen) atoms. The van der Waals surface area contributed by atoms with Gasteiger partial charge in [-0.15, -0.1) is 0 Å². The third-order valence-electron chi connectivity index (χ3n) is 4.28. The number of nitrogens with two attached hydrogens (primary N) is 2. The molecule has 0 aliphatic rings. The van der Waals surface area contributed by atoms with E-state index < -0.39 is 27.8 Å². The number of amides is 1. The number of hydrogen-bond donors (Lipinski definition) is 3. The van der Waals surface area contributed by atoms with Crippen LogP contribution in [0.3, 0.4) is 0 Å². The average Bonchev–Trinajstić information content (AvgIpc) is 2.68. The number of unbranched alkanes of at least 4 members (excludes halogenated alkanes) is 1. The van der Waals surface area contributed by atoms with Crippen molar-refractivity contribution in [3.05, 3.63) is 53.5 Å². The Kier molecular flexibility index (Phi) is 8.57. The second-order valence-electron chi connectivity index (χ2n) is 6.54. The number of nitrogens with one attached hydrogen (secondary N) is 1. The molecule has 164 valence electrons. The average molecular weight is 442 g/mol. The molecule has 0 aliphatic carbocycles. The molecule has 0 saturated carbocycles. The van der Waals surface area contributed by atoms with Crippen molar-refractivity contribution in [1.29, 1.82) is 0 Å². The SMILES string of the molecule is Nc1nccnc1C(=O)NCCCCN(CCCc1cc(F)ccc1F)S(N)(=O)=O. The predicted octanol–water partition coefficient (Wildman–Crippen LogP) is 0.985. The van der Waals surface area contributed by atoms with E-state index in [4.69, 9.17) is 10.9 Å². The second kappa shape index (κ2) is 10.9. The summed E-state index contributed by atoms with van der Waals surface area (Å²) in [7, 11) is -3.95. The quantitative estimate of drug-likeness (QED) is 0.443. The first-order chi connectivity index (χ1) is 14.2. The topological polar surface area (TPSA) is 144 Å². The minimum Gasteiger partial charge on any atom is -0.382 e. The number of aryl methyl sites for hydroxylation is 1. The molecule has 2 aromatic rings. The molecule has 12 heteroatoms. The number of carbonyl (C=O) groups excluding carboxylic acids is 1. The van der Waals surface area contributed by atoms with Gasteiger partial charge in [-0.3, -0.25) is 4.79 Å². The molecule has 1 aromatic carbocycles. The highest BCUT2D eigenvalue weighted by Gasteiger charge is 2.17. The Labute approximate surface area is 173 Å². The van der Waals surface area contributed by atoms with Gasteiger partial charge in [-0.1, -0.05) is 0 Å². The Hall–Kier alpha value is -2.70. The third-order valence-corrected chi connectivity index (χ3v) is 5.37. The summed E-state index contributed by atoms with van der Waals surface area (Å²) >= 11 is 0. The predicted molar refractivity (Wildman–Crippen MR) is 107 cm³/mol. The molecule has 0 spiro atoms. The Bertz CT molecular complexity index is 974. The number of nitrogen functional groups attached to an aromatic ring is 1. The highest BCUT2D eigenvalue weighted by atomic mass is 32.2. The van der Waals surface area contributed by atoms with E-state index in [1.54, 1.807) is 0 Å². The van der Waals surface area contributed by atoms with Crippen molar-refractivity contribution >= 4 is 21.9 Å². The molecular weight excluding hydrogens is 418 g/mol. The van der Waals surface area contributed by atoms with Crippen molar-refractivity contribution in [2.75, 3.05) is 25.4 Å². The molecule has 0 fully saturated rings. The van der Waals surface area contributed by atoms with Crippen LogP contribution in [-0.2, 0) is 16.6 Å². The molecule has 0 atom stereocenters. The molecule has 9 nitrogen and oxygen atoms in total. The molecular formula is C18H24F2N6O3S. The Morgan fingerprint density at radius 2 is 1.80 bits per heavy atom. The summed E-state index contributed by atoms with van der Waals surface area (Å²) in [5, 5.41) is 7.86. The minimum absolute atomic E-state index is 0.0186. The van der Waals surface area contributed by atoms with Crippen LogP contribution in [-0.4, -0.2) is 48.2 Å². The van der Waals surface area contributed by atoms with Crippen LogP contribution in [0.15, 0.2) is 30.6 Å². The number of nitrogens with zero attached hydrogens (tertiary/aromatic N) is 3. The maximum absolute atomic E-state index is 13.7. The molecule has 1 heterocycles. The van der Waals surface area contributed by atoms with Crippen LogP contribution in [0.4, 0.5) is 14.6 Å². The van der Waals surface area contributed by atoms with Gasteiger partial charge in [0.25, 0.3) is 16.1 Å². The second-order valence-corrected chi connectivity index (χ2v) is 8.08. The molecule has 0 saturated heterocycles. The molecule has 1 amide bonds. The lowest BCUT2D eigenvalue weighted by molar-refractivity contribution is 0.0948. The number of carbonyl (C=O) groups is 1. The van der Waals surface area contributed by atoms with Crippen LogP contribution >= 0.6 is 0 Å². The summed E-state index contributed by atoms with van der Waals surface area (Å²) in [5.41, 5.74) is 5.78. The van der Waals surface area contributed by atoms with Gasteiger partial charge in [-0.05, 0) is 49.4 Å². The van der Waals surface area contributed by atoms with Gasteiger partial charge in [0.15, 0.2) is 11.5 Å². The van der Waals surface area contributed by atoms with Crippen LogP contribution < -0.4 is 16.2 Å². The van der Waals surface area contributed by atoms with E-state index in [0.29, 0.717) is 12.8 Å². The largest absolute Gasteiger partial charge is 0.382 e. The normalized spacial score (nSPS) is 11.6. The zero-order valence-electron chi connectivity index (χ0n) is 16.2. The van der Waals surface area contributed by atoms with E-state index in [2.05, 4.69) is 15.3 Å². The summed E-state index contributed by atoms with van der Waals surface area (Å²) in [4.78, 5) is 19.6. The number of aromatic nitrogens is 2. The highest BCUT2D eigenvalue weighted by molar-refractivity contribution is 7.86. The van der Waals surface area contributed by atoms with Crippen molar-refractivity contribution in [2.24, 2.45) is 5.14 Å². The first kappa shape index (κ1) is 23.6. The Morgan fingerprint density at radius 3 is 2.50 bits per heavy atom. The lowest BCUT2D eigenvalue weighted by Crippen LogP contribution is -2.38. The lowest BCUT2D eigenvalue weighted by Gasteiger charge is -2.19. The molecule has 5 N–H and O–H groups in total. The minimum atomic E-state index is -3.95. The van der Waals surface area contributed by atoms with E-state index in [0.717, 1.165) is 22.5 Å². The fourth-order valence-electron chi connectivity index (χ4n) is 2.77. The monoisotopic (exact) mass is 442 g/mol. The summed E-state index contributed by atoms with van der Waals surface area (Å²) in [6.45, 7) is 0.479. The van der Waals surface area contributed by atoms with E-state index in [1.807, 2.05) is 0 Å². The number of benzene rings is 1. The van der Waals surface area contributed by atoms with Gasteiger partial charge < -0.3 is 11.1 Å². The first-order valence-corrected chi connectivity index (χ1v) is 10.8. The lowest BCUT2D eigenvalue weighted by atomic mass is 10.1. The van der Waals surface area contributed by atoms with Crippen LogP contribution in [0.2, 0.25) is 0 Å². The summed E-state index contributed by atoms with van der Waals surface area (Å²) in [6, 6.07) is 3.14. The van der Waals surface area contributed by atoms with E-state index in [1.165, 1.54) is 12.4 Å². The van der Waals surface area contributed by atoms with Crippen LogP contribution in [0.1, 0.15) is 35.3 Å². The standard InChI is InChI=1S/C18H24F2N6O3S/c19-14-5-6-15(20)13(12-14)4-3-11-26(30(22,28)29)10-2-1-7-25-18(27)16-17(21)24-9-8-23-16/h5-6,8-9,12H,1-4,7,10-11H2,(H2,21,24)(H,25,27)(H2,22,28,29). The summed E-state index contributed by atoms with van der Waals surface area (Å²) in [6.07, 6.45) is 4.09. The maximum Gasteiger partial charge on any atom is 0.276 e. The van der Waals surface area contributed by atoms with Crippen LogP contribution in [0.5, 0.6) is 0 Å².